The summed E-state index contributed by atoms with van der Waals surface area (Å²) in [6.07, 6.45) is 1.56. The van der Waals surface area contributed by atoms with Crippen LogP contribution in [-0.2, 0) is 16.4 Å². The molecule has 1 aliphatic rings. The lowest BCUT2D eigenvalue weighted by molar-refractivity contribution is 0.0679. The maximum absolute atomic E-state index is 13.3. The number of carbonyl (C=O) groups excluding carboxylic acids is 1. The van der Waals surface area contributed by atoms with Crippen LogP contribution < -0.4 is 5.43 Å². The Kier molecular flexibility index (Phi) is 4.84. The van der Waals surface area contributed by atoms with Gasteiger partial charge in [0.05, 0.1) is 23.4 Å². The molecule has 1 aliphatic heterocycles. The second-order valence-electron chi connectivity index (χ2n) is 6.99. The van der Waals surface area contributed by atoms with Crippen LogP contribution in [0.15, 0.2) is 51.2 Å². The molecule has 1 aromatic carbocycles. The molecule has 3 heterocycles. The predicted molar refractivity (Wildman–Crippen MR) is 108 cm³/mol. The minimum Gasteiger partial charge on any atom is -0.463 e. The summed E-state index contributed by atoms with van der Waals surface area (Å²) in [6, 6.07) is 8.25. The molecule has 0 radical (unpaired) electrons. The van der Waals surface area contributed by atoms with E-state index in [1.165, 1.54) is 22.5 Å². The fourth-order valence-electron chi connectivity index (χ4n) is 3.49. The summed E-state index contributed by atoms with van der Waals surface area (Å²) in [4.78, 5) is 28.7. The Bertz CT molecular complexity index is 1210. The van der Waals surface area contributed by atoms with Crippen LogP contribution in [0.2, 0.25) is 0 Å². The van der Waals surface area contributed by atoms with E-state index in [2.05, 4.69) is 0 Å². The van der Waals surface area contributed by atoms with Crippen LogP contribution in [0.5, 0.6) is 0 Å². The molecule has 0 N–H and O–H groups in total. The van der Waals surface area contributed by atoms with E-state index in [0.717, 1.165) is 10.4 Å². The molecule has 28 heavy (non-hydrogen) atoms. The van der Waals surface area contributed by atoms with Gasteiger partial charge in [0, 0.05) is 10.9 Å². The molecule has 0 bridgehead atoms. The zero-order valence-electron chi connectivity index (χ0n) is 15.3. The maximum atomic E-state index is 13.3. The number of hydrogen-bond donors (Lipinski definition) is 0. The van der Waals surface area contributed by atoms with E-state index >= 15 is 0 Å². The van der Waals surface area contributed by atoms with Crippen molar-refractivity contribution in [1.29, 1.82) is 0 Å². The first kappa shape index (κ1) is 18.9. The first-order chi connectivity index (χ1) is 13.4. The van der Waals surface area contributed by atoms with Crippen LogP contribution in [0.1, 0.15) is 27.2 Å². The van der Waals surface area contributed by atoms with E-state index in [1.54, 1.807) is 24.3 Å². The molecule has 1 fully saturated rings. The van der Waals surface area contributed by atoms with Crippen molar-refractivity contribution in [2.75, 3.05) is 11.5 Å². The molecule has 1 unspecified atom stereocenters. The summed E-state index contributed by atoms with van der Waals surface area (Å²) in [5.41, 5.74) is 0.972. The summed E-state index contributed by atoms with van der Waals surface area (Å²) in [7, 11) is -3.18. The number of amides is 1. The summed E-state index contributed by atoms with van der Waals surface area (Å²) in [6.45, 7) is 2.22. The first-order valence-corrected chi connectivity index (χ1v) is 11.6. The molecule has 3 aromatic rings. The third kappa shape index (κ3) is 3.49. The van der Waals surface area contributed by atoms with E-state index in [4.69, 9.17) is 4.42 Å². The van der Waals surface area contributed by atoms with Crippen LogP contribution in [0.25, 0.3) is 11.0 Å². The van der Waals surface area contributed by atoms with Gasteiger partial charge in [0.2, 0.25) is 5.43 Å². The third-order valence-electron chi connectivity index (χ3n) is 5.10. The largest absolute Gasteiger partial charge is 0.463 e. The van der Waals surface area contributed by atoms with Crippen molar-refractivity contribution in [3.8, 4) is 0 Å². The monoisotopic (exact) mass is 417 g/mol. The number of nitrogens with zero attached hydrogens (tertiary/aromatic N) is 1. The molecule has 0 saturated carbocycles. The average molecular weight is 418 g/mol. The van der Waals surface area contributed by atoms with Gasteiger partial charge in [-0.15, -0.1) is 11.3 Å². The van der Waals surface area contributed by atoms with Gasteiger partial charge >= 0.3 is 0 Å². The fourth-order valence-corrected chi connectivity index (χ4v) is 6.12. The molecule has 0 aliphatic carbocycles. The number of para-hydroxylation sites is 1. The molecular formula is C20H19NO5S2. The lowest BCUT2D eigenvalue weighted by Crippen LogP contribution is -2.42. The van der Waals surface area contributed by atoms with Gasteiger partial charge in [0.1, 0.15) is 17.4 Å². The number of aryl methyl sites for hydroxylation is 1. The van der Waals surface area contributed by atoms with E-state index in [-0.39, 0.29) is 23.6 Å². The Balaban J connectivity index is 1.75. The summed E-state index contributed by atoms with van der Waals surface area (Å²) >= 11 is 1.51. The van der Waals surface area contributed by atoms with Gasteiger partial charge in [0.25, 0.3) is 5.91 Å². The normalized spacial score (nSPS) is 18.4. The fraction of sp³-hybridized carbons (Fsp3) is 0.300. The second kappa shape index (κ2) is 7.18. The van der Waals surface area contributed by atoms with Gasteiger partial charge in [-0.25, -0.2) is 8.42 Å². The Morgan fingerprint density at radius 1 is 1.29 bits per heavy atom. The standard InChI is InChI=1S/C20H19NO5S2/c1-13-6-8-27-18(13)10-21(14-7-9-28(24,25)12-14)20(23)16-11-26-17-5-3-2-4-15(17)19(16)22/h2-6,8,11,14H,7,9-10,12H2,1H3. The van der Waals surface area contributed by atoms with Gasteiger partial charge in [0.15, 0.2) is 9.84 Å². The quantitative estimate of drug-likeness (QED) is 0.652. The van der Waals surface area contributed by atoms with E-state index in [9.17, 15) is 18.0 Å². The smallest absolute Gasteiger partial charge is 0.261 e. The van der Waals surface area contributed by atoms with Gasteiger partial charge in [-0.05, 0) is 42.5 Å². The maximum Gasteiger partial charge on any atom is 0.261 e. The Hall–Kier alpha value is -2.45. The van der Waals surface area contributed by atoms with Crippen LogP contribution in [-0.4, -0.2) is 36.8 Å². The van der Waals surface area contributed by atoms with Crippen molar-refractivity contribution < 1.29 is 17.6 Å². The SMILES string of the molecule is Cc1ccsc1CN(C(=O)c1coc2ccccc2c1=O)C1CCS(=O)(=O)C1. The Morgan fingerprint density at radius 3 is 2.75 bits per heavy atom. The molecule has 1 atom stereocenters. The molecule has 146 valence electrons. The molecule has 6 nitrogen and oxygen atoms in total. The molecule has 8 heteroatoms. The second-order valence-corrected chi connectivity index (χ2v) is 10.2. The van der Waals surface area contributed by atoms with Crippen molar-refractivity contribution in [1.82, 2.24) is 4.90 Å². The van der Waals surface area contributed by atoms with Crippen molar-refractivity contribution in [3.05, 3.63) is 68.2 Å². The highest BCUT2D eigenvalue weighted by atomic mass is 32.2. The first-order valence-electron chi connectivity index (χ1n) is 8.90. The van der Waals surface area contributed by atoms with Gasteiger partial charge < -0.3 is 9.32 Å². The lowest BCUT2D eigenvalue weighted by atomic mass is 10.1. The topological polar surface area (TPSA) is 84.7 Å². The molecule has 0 spiro atoms. The van der Waals surface area contributed by atoms with E-state index < -0.39 is 27.2 Å². The van der Waals surface area contributed by atoms with Crippen molar-refractivity contribution in [3.63, 3.8) is 0 Å². The summed E-state index contributed by atoms with van der Waals surface area (Å²) in [5.74, 6) is -0.520. The number of sulfone groups is 1. The van der Waals surface area contributed by atoms with Crippen molar-refractivity contribution in [2.24, 2.45) is 0 Å². The highest BCUT2D eigenvalue weighted by Gasteiger charge is 2.36. The number of rotatable bonds is 4. The van der Waals surface area contributed by atoms with Gasteiger partial charge in [-0.1, -0.05) is 12.1 Å². The van der Waals surface area contributed by atoms with Crippen LogP contribution >= 0.6 is 11.3 Å². The third-order valence-corrected chi connectivity index (χ3v) is 7.86. The molecular weight excluding hydrogens is 398 g/mol. The molecule has 1 saturated heterocycles. The van der Waals surface area contributed by atoms with E-state index in [1.807, 2.05) is 18.4 Å². The average Bonchev–Trinajstić information content (AvgIpc) is 3.24. The number of carbonyl (C=O) groups is 1. The number of hydrogen-bond acceptors (Lipinski definition) is 6. The minimum atomic E-state index is -3.18. The van der Waals surface area contributed by atoms with Gasteiger partial charge in [-0.2, -0.15) is 0 Å². The van der Waals surface area contributed by atoms with Gasteiger partial charge in [-0.3, -0.25) is 9.59 Å². The zero-order chi connectivity index (χ0) is 19.9. The number of benzene rings is 1. The Labute approximate surface area is 166 Å². The summed E-state index contributed by atoms with van der Waals surface area (Å²) in [5, 5.41) is 2.27. The molecule has 2 aromatic heterocycles. The zero-order valence-corrected chi connectivity index (χ0v) is 16.9. The summed E-state index contributed by atoms with van der Waals surface area (Å²) < 4.78 is 29.5. The van der Waals surface area contributed by atoms with Crippen LogP contribution in [0.4, 0.5) is 0 Å². The molecule has 1 amide bonds. The highest BCUT2D eigenvalue weighted by molar-refractivity contribution is 7.91. The van der Waals surface area contributed by atoms with E-state index in [0.29, 0.717) is 17.4 Å². The minimum absolute atomic E-state index is 0.0528. The lowest BCUT2D eigenvalue weighted by Gasteiger charge is -2.28. The van der Waals surface area contributed by atoms with Crippen LogP contribution in [0, 0.1) is 6.92 Å². The van der Waals surface area contributed by atoms with Crippen molar-refractivity contribution in [2.45, 2.75) is 25.9 Å². The predicted octanol–water partition coefficient (Wildman–Crippen LogP) is 2.99. The van der Waals surface area contributed by atoms with Crippen LogP contribution in [0.3, 0.4) is 0 Å². The Morgan fingerprint density at radius 2 is 2.07 bits per heavy atom. The number of thiophene rings is 1. The van der Waals surface area contributed by atoms with Crippen molar-refractivity contribution >= 4 is 38.1 Å². The highest BCUT2D eigenvalue weighted by Crippen LogP contribution is 2.25. The number of fused-ring (bicyclic) bond motifs is 1. The molecule has 4 rings (SSSR count).